The standard InChI is InChI=1S/C21H24F3N3O4S/c22-21(23,24)16-8-4-5-9-18(16)32(30,31)15-12-17(19(28)26-11-10-25)27(13-15)20(29)14-6-2-1-3-7-14/h4-5,8-9,14-15,17H,1-3,6-7,11-13H2,(H,26,28). The summed E-state index contributed by atoms with van der Waals surface area (Å²) in [5, 5.41) is 9.70. The van der Waals surface area contributed by atoms with E-state index in [-0.39, 0.29) is 31.3 Å². The van der Waals surface area contributed by atoms with E-state index in [1.165, 1.54) is 11.0 Å². The number of alkyl halides is 3. The molecule has 0 aromatic heterocycles. The second-order valence-corrected chi connectivity index (χ2v) is 10.3. The number of carbonyl (C=O) groups is 2. The lowest BCUT2D eigenvalue weighted by atomic mass is 9.88. The maximum atomic E-state index is 13.4. The predicted octanol–water partition coefficient (Wildman–Crippen LogP) is 2.67. The lowest BCUT2D eigenvalue weighted by molar-refractivity contribution is -0.142. The van der Waals surface area contributed by atoms with Gasteiger partial charge in [0.1, 0.15) is 12.6 Å². The molecular weight excluding hydrogens is 447 g/mol. The average molecular weight is 472 g/mol. The molecule has 3 rings (SSSR count). The number of sulfone groups is 1. The van der Waals surface area contributed by atoms with Gasteiger partial charge in [0, 0.05) is 12.5 Å². The van der Waals surface area contributed by atoms with Gasteiger partial charge in [0.2, 0.25) is 11.8 Å². The van der Waals surface area contributed by atoms with Crippen molar-refractivity contribution in [3.05, 3.63) is 29.8 Å². The number of nitrogens with zero attached hydrogens (tertiary/aromatic N) is 2. The molecule has 0 radical (unpaired) electrons. The van der Waals surface area contributed by atoms with Gasteiger partial charge < -0.3 is 10.2 Å². The number of carbonyl (C=O) groups excluding carboxylic acids is 2. The Morgan fingerprint density at radius 3 is 2.44 bits per heavy atom. The third kappa shape index (κ3) is 4.90. The van der Waals surface area contributed by atoms with E-state index < -0.39 is 43.7 Å². The van der Waals surface area contributed by atoms with Gasteiger partial charge in [0.25, 0.3) is 0 Å². The van der Waals surface area contributed by atoms with Crippen LogP contribution in [0.3, 0.4) is 0 Å². The molecule has 1 N–H and O–H groups in total. The molecule has 0 bridgehead atoms. The van der Waals surface area contributed by atoms with Crippen molar-refractivity contribution in [2.45, 2.75) is 60.9 Å². The van der Waals surface area contributed by atoms with Crippen molar-refractivity contribution in [1.29, 1.82) is 5.26 Å². The third-order valence-electron chi connectivity index (χ3n) is 6.08. The van der Waals surface area contributed by atoms with Gasteiger partial charge in [-0.1, -0.05) is 31.4 Å². The Morgan fingerprint density at radius 2 is 1.81 bits per heavy atom. The molecule has 2 amide bonds. The molecule has 2 atom stereocenters. The topological polar surface area (TPSA) is 107 Å². The van der Waals surface area contributed by atoms with Crippen LogP contribution in [0.5, 0.6) is 0 Å². The number of nitriles is 1. The third-order valence-corrected chi connectivity index (χ3v) is 8.27. The summed E-state index contributed by atoms with van der Waals surface area (Å²) in [6.07, 6.45) is -1.28. The fraction of sp³-hybridized carbons (Fsp3) is 0.571. The van der Waals surface area contributed by atoms with Gasteiger partial charge in [0.05, 0.1) is 21.8 Å². The van der Waals surface area contributed by atoms with Crippen LogP contribution in [0, 0.1) is 17.2 Å². The minimum Gasteiger partial charge on any atom is -0.341 e. The molecular formula is C21H24F3N3O4S. The van der Waals surface area contributed by atoms with Crippen LogP contribution in [0.25, 0.3) is 0 Å². The summed E-state index contributed by atoms with van der Waals surface area (Å²) in [4.78, 5) is 26.1. The maximum absolute atomic E-state index is 13.4. The summed E-state index contributed by atoms with van der Waals surface area (Å²) in [5.41, 5.74) is -1.28. The fourth-order valence-corrected chi connectivity index (χ4v) is 6.38. The molecule has 1 aliphatic heterocycles. The molecule has 1 saturated heterocycles. The van der Waals surface area contributed by atoms with Crippen molar-refractivity contribution in [2.24, 2.45) is 5.92 Å². The normalized spacial score (nSPS) is 22.4. The van der Waals surface area contributed by atoms with Crippen LogP contribution in [0.15, 0.2) is 29.2 Å². The van der Waals surface area contributed by atoms with Gasteiger partial charge in [-0.05, 0) is 31.4 Å². The molecule has 2 aliphatic rings. The van der Waals surface area contributed by atoms with Gasteiger partial charge in [-0.25, -0.2) is 8.42 Å². The zero-order chi connectivity index (χ0) is 23.5. The van der Waals surface area contributed by atoms with Gasteiger partial charge in [-0.3, -0.25) is 9.59 Å². The Bertz CT molecular complexity index is 1010. The monoisotopic (exact) mass is 471 g/mol. The van der Waals surface area contributed by atoms with Gasteiger partial charge in [0.15, 0.2) is 9.84 Å². The first kappa shape index (κ1) is 24.0. The number of hydrogen-bond donors (Lipinski definition) is 1. The SMILES string of the molecule is N#CCNC(=O)C1CC(S(=O)(=O)c2ccccc2C(F)(F)F)CN1C(=O)C1CCCCC1. The lowest BCUT2D eigenvalue weighted by Crippen LogP contribution is -2.48. The zero-order valence-corrected chi connectivity index (χ0v) is 18.1. The summed E-state index contributed by atoms with van der Waals surface area (Å²) in [5.74, 6) is -1.39. The molecule has 1 aromatic carbocycles. The van der Waals surface area contributed by atoms with Crippen LogP contribution in [-0.4, -0.2) is 49.5 Å². The van der Waals surface area contributed by atoms with Crippen LogP contribution in [0.2, 0.25) is 0 Å². The number of amides is 2. The summed E-state index contributed by atoms with van der Waals surface area (Å²) >= 11 is 0. The first-order chi connectivity index (χ1) is 15.1. The van der Waals surface area contributed by atoms with E-state index in [0.717, 1.165) is 31.4 Å². The maximum Gasteiger partial charge on any atom is 0.417 e. The Morgan fingerprint density at radius 1 is 1.16 bits per heavy atom. The molecule has 1 heterocycles. The molecule has 32 heavy (non-hydrogen) atoms. The number of benzene rings is 1. The van der Waals surface area contributed by atoms with E-state index in [9.17, 15) is 31.2 Å². The van der Waals surface area contributed by atoms with Crippen LogP contribution in [-0.2, 0) is 25.6 Å². The zero-order valence-electron chi connectivity index (χ0n) is 17.3. The minimum absolute atomic E-state index is 0.324. The van der Waals surface area contributed by atoms with E-state index in [4.69, 9.17) is 5.26 Å². The Balaban J connectivity index is 1.93. The van der Waals surface area contributed by atoms with E-state index in [0.29, 0.717) is 18.9 Å². The van der Waals surface area contributed by atoms with Crippen molar-refractivity contribution in [1.82, 2.24) is 10.2 Å². The Labute approximate surface area is 184 Å². The minimum atomic E-state index is -4.87. The first-order valence-corrected chi connectivity index (χ1v) is 12.0. The van der Waals surface area contributed by atoms with Crippen LogP contribution < -0.4 is 5.32 Å². The van der Waals surface area contributed by atoms with E-state index in [2.05, 4.69) is 5.32 Å². The van der Waals surface area contributed by atoms with E-state index in [1.807, 2.05) is 0 Å². The molecule has 7 nitrogen and oxygen atoms in total. The largest absolute Gasteiger partial charge is 0.417 e. The van der Waals surface area contributed by atoms with Crippen molar-refractivity contribution >= 4 is 21.7 Å². The number of halogens is 3. The second kappa shape index (κ2) is 9.48. The summed E-state index contributed by atoms with van der Waals surface area (Å²) in [6, 6.07) is 4.49. The fourth-order valence-electron chi connectivity index (χ4n) is 4.47. The smallest absolute Gasteiger partial charge is 0.341 e. The van der Waals surface area contributed by atoms with E-state index >= 15 is 0 Å². The lowest BCUT2D eigenvalue weighted by Gasteiger charge is -2.29. The Kier molecular flexibility index (Phi) is 7.12. The highest BCUT2D eigenvalue weighted by Crippen LogP contribution is 2.38. The summed E-state index contributed by atoms with van der Waals surface area (Å²) in [7, 11) is -4.50. The predicted molar refractivity (Wildman–Crippen MR) is 108 cm³/mol. The molecule has 2 unspecified atom stereocenters. The number of rotatable bonds is 5. The Hall–Kier alpha value is -2.61. The number of nitrogens with one attached hydrogen (secondary N) is 1. The average Bonchev–Trinajstić information content (AvgIpc) is 3.23. The number of likely N-dealkylation sites (tertiary alicyclic amines) is 1. The molecule has 11 heteroatoms. The van der Waals surface area contributed by atoms with Crippen molar-refractivity contribution in [3.8, 4) is 6.07 Å². The summed E-state index contributed by atoms with van der Waals surface area (Å²) < 4.78 is 66.7. The molecule has 1 aliphatic carbocycles. The second-order valence-electron chi connectivity index (χ2n) is 8.11. The molecule has 2 fully saturated rings. The first-order valence-electron chi connectivity index (χ1n) is 10.4. The summed E-state index contributed by atoms with van der Waals surface area (Å²) in [6.45, 7) is -0.691. The van der Waals surface area contributed by atoms with Gasteiger partial charge >= 0.3 is 6.18 Å². The molecule has 0 spiro atoms. The highest BCUT2D eigenvalue weighted by Gasteiger charge is 2.48. The van der Waals surface area contributed by atoms with E-state index in [1.54, 1.807) is 6.07 Å². The van der Waals surface area contributed by atoms with Crippen molar-refractivity contribution in [3.63, 3.8) is 0 Å². The highest BCUT2D eigenvalue weighted by atomic mass is 32.2. The molecule has 1 aromatic rings. The quantitative estimate of drug-likeness (QED) is 0.665. The molecule has 1 saturated carbocycles. The highest BCUT2D eigenvalue weighted by molar-refractivity contribution is 7.92. The van der Waals surface area contributed by atoms with Gasteiger partial charge in [-0.15, -0.1) is 0 Å². The van der Waals surface area contributed by atoms with Crippen molar-refractivity contribution < 1.29 is 31.2 Å². The van der Waals surface area contributed by atoms with Crippen molar-refractivity contribution in [2.75, 3.05) is 13.1 Å². The van der Waals surface area contributed by atoms with Crippen LogP contribution in [0.1, 0.15) is 44.1 Å². The number of hydrogen-bond acceptors (Lipinski definition) is 5. The van der Waals surface area contributed by atoms with Crippen LogP contribution in [0.4, 0.5) is 13.2 Å². The molecule has 174 valence electrons. The van der Waals surface area contributed by atoms with Crippen LogP contribution >= 0.6 is 0 Å². The van der Waals surface area contributed by atoms with Gasteiger partial charge in [-0.2, -0.15) is 18.4 Å².